The standard InChI is InChI=1S/C19H22FN3O3S/c1-14(27(25,26)18-4-2-3-16(20)13-18)15-7-11-23(12-8-15)19(24)22-17-5-9-21-10-6-17/h2-6,9-10,13-15H,7-8,11-12H2,1H3,(H,21,22,24). The topological polar surface area (TPSA) is 79.4 Å². The van der Waals surface area contributed by atoms with Gasteiger partial charge in [-0.15, -0.1) is 0 Å². The van der Waals surface area contributed by atoms with Crippen LogP contribution in [0.1, 0.15) is 19.8 Å². The lowest BCUT2D eigenvalue weighted by Gasteiger charge is -2.34. The molecular formula is C19H22FN3O3S. The maximum Gasteiger partial charge on any atom is 0.321 e. The fourth-order valence-corrected chi connectivity index (χ4v) is 5.08. The summed E-state index contributed by atoms with van der Waals surface area (Å²) >= 11 is 0. The molecule has 1 aromatic heterocycles. The number of piperidine rings is 1. The molecule has 1 unspecified atom stereocenters. The van der Waals surface area contributed by atoms with E-state index in [1.807, 2.05) is 0 Å². The van der Waals surface area contributed by atoms with E-state index in [4.69, 9.17) is 0 Å². The molecule has 27 heavy (non-hydrogen) atoms. The van der Waals surface area contributed by atoms with Crippen LogP contribution in [0.15, 0.2) is 53.7 Å². The van der Waals surface area contributed by atoms with E-state index in [0.29, 0.717) is 31.6 Å². The minimum atomic E-state index is -3.61. The van der Waals surface area contributed by atoms with Crippen molar-refractivity contribution in [3.8, 4) is 0 Å². The number of carbonyl (C=O) groups is 1. The zero-order valence-electron chi connectivity index (χ0n) is 15.0. The summed E-state index contributed by atoms with van der Waals surface area (Å²) < 4.78 is 39.0. The Morgan fingerprint density at radius 1 is 1.22 bits per heavy atom. The highest BCUT2D eigenvalue weighted by molar-refractivity contribution is 7.92. The van der Waals surface area contributed by atoms with Gasteiger partial charge in [-0.05, 0) is 56.0 Å². The van der Waals surface area contributed by atoms with E-state index in [9.17, 15) is 17.6 Å². The number of hydrogen-bond acceptors (Lipinski definition) is 4. The van der Waals surface area contributed by atoms with Crippen LogP contribution in [-0.2, 0) is 9.84 Å². The Morgan fingerprint density at radius 3 is 2.52 bits per heavy atom. The molecule has 2 heterocycles. The molecule has 1 saturated heterocycles. The fraction of sp³-hybridized carbons (Fsp3) is 0.368. The molecule has 2 amide bonds. The van der Waals surface area contributed by atoms with E-state index in [-0.39, 0.29) is 16.8 Å². The van der Waals surface area contributed by atoms with Gasteiger partial charge in [0.1, 0.15) is 5.82 Å². The van der Waals surface area contributed by atoms with Crippen LogP contribution in [0.5, 0.6) is 0 Å². The number of hydrogen-bond donors (Lipinski definition) is 1. The summed E-state index contributed by atoms with van der Waals surface area (Å²) in [6, 6.07) is 8.32. The summed E-state index contributed by atoms with van der Waals surface area (Å²) in [4.78, 5) is 17.9. The first kappa shape index (κ1) is 19.3. The average Bonchev–Trinajstić information content (AvgIpc) is 2.68. The number of urea groups is 1. The number of aromatic nitrogens is 1. The molecule has 1 N–H and O–H groups in total. The number of nitrogens with one attached hydrogen (secondary N) is 1. The lowest BCUT2D eigenvalue weighted by molar-refractivity contribution is 0.182. The number of benzene rings is 1. The van der Waals surface area contributed by atoms with Gasteiger partial charge in [0.15, 0.2) is 9.84 Å². The number of likely N-dealkylation sites (tertiary alicyclic amines) is 1. The molecule has 0 saturated carbocycles. The maximum atomic E-state index is 13.4. The highest BCUT2D eigenvalue weighted by Gasteiger charge is 2.34. The van der Waals surface area contributed by atoms with Gasteiger partial charge in [0.2, 0.25) is 0 Å². The molecule has 1 aromatic carbocycles. The summed E-state index contributed by atoms with van der Waals surface area (Å²) in [6.45, 7) is 2.62. The maximum absolute atomic E-state index is 13.4. The lowest BCUT2D eigenvalue weighted by Crippen LogP contribution is -2.44. The zero-order valence-corrected chi connectivity index (χ0v) is 15.8. The molecule has 0 aliphatic carbocycles. The summed E-state index contributed by atoms with van der Waals surface area (Å²) in [5.74, 6) is -0.644. The van der Waals surface area contributed by atoms with E-state index in [0.717, 1.165) is 6.07 Å². The predicted molar refractivity (Wildman–Crippen MR) is 101 cm³/mol. The van der Waals surface area contributed by atoms with Gasteiger partial charge >= 0.3 is 6.03 Å². The van der Waals surface area contributed by atoms with E-state index in [1.54, 1.807) is 36.4 Å². The Labute approximate surface area is 158 Å². The van der Waals surface area contributed by atoms with Crippen LogP contribution in [-0.4, -0.2) is 42.7 Å². The molecule has 1 aliphatic heterocycles. The molecule has 0 bridgehead atoms. The van der Waals surface area contributed by atoms with Crippen molar-refractivity contribution in [2.45, 2.75) is 29.9 Å². The highest BCUT2D eigenvalue weighted by Crippen LogP contribution is 2.29. The number of rotatable bonds is 4. The van der Waals surface area contributed by atoms with Gasteiger partial charge in [0, 0.05) is 31.2 Å². The quantitative estimate of drug-likeness (QED) is 0.867. The Morgan fingerprint density at radius 2 is 1.89 bits per heavy atom. The smallest absolute Gasteiger partial charge is 0.321 e. The van der Waals surface area contributed by atoms with Crippen molar-refractivity contribution in [1.82, 2.24) is 9.88 Å². The van der Waals surface area contributed by atoms with Crippen molar-refractivity contribution in [3.05, 3.63) is 54.6 Å². The normalized spacial score (nSPS) is 16.7. The summed E-state index contributed by atoms with van der Waals surface area (Å²) in [5, 5.41) is 2.17. The number of pyridine rings is 1. The van der Waals surface area contributed by atoms with Crippen LogP contribution in [0.2, 0.25) is 0 Å². The van der Waals surface area contributed by atoms with Gasteiger partial charge in [-0.1, -0.05) is 6.07 Å². The SMILES string of the molecule is CC(C1CCN(C(=O)Nc2ccncc2)CC1)S(=O)(=O)c1cccc(F)c1. The van der Waals surface area contributed by atoms with Crippen molar-refractivity contribution in [1.29, 1.82) is 0 Å². The van der Waals surface area contributed by atoms with Crippen molar-refractivity contribution >= 4 is 21.6 Å². The molecule has 6 nitrogen and oxygen atoms in total. The highest BCUT2D eigenvalue weighted by atomic mass is 32.2. The monoisotopic (exact) mass is 391 g/mol. The lowest BCUT2D eigenvalue weighted by atomic mass is 9.94. The van der Waals surface area contributed by atoms with Crippen LogP contribution in [0.4, 0.5) is 14.9 Å². The number of carbonyl (C=O) groups excluding carboxylic acids is 1. The Bertz CT molecular complexity index is 897. The number of sulfone groups is 1. The third-order valence-electron chi connectivity index (χ3n) is 5.04. The minimum Gasteiger partial charge on any atom is -0.325 e. The van der Waals surface area contributed by atoms with E-state index < -0.39 is 20.9 Å². The number of amides is 2. The van der Waals surface area contributed by atoms with Gasteiger partial charge in [0.25, 0.3) is 0 Å². The van der Waals surface area contributed by atoms with Gasteiger partial charge < -0.3 is 10.2 Å². The third-order valence-corrected chi connectivity index (χ3v) is 7.31. The molecule has 0 spiro atoms. The van der Waals surface area contributed by atoms with Crippen LogP contribution in [0.3, 0.4) is 0 Å². The van der Waals surface area contributed by atoms with Gasteiger partial charge in [-0.25, -0.2) is 17.6 Å². The predicted octanol–water partition coefficient (Wildman–Crippen LogP) is 3.33. The first-order chi connectivity index (χ1) is 12.9. The second-order valence-electron chi connectivity index (χ2n) is 6.70. The van der Waals surface area contributed by atoms with Crippen LogP contribution in [0, 0.1) is 11.7 Å². The van der Waals surface area contributed by atoms with Crippen molar-refractivity contribution in [2.24, 2.45) is 5.92 Å². The molecule has 1 fully saturated rings. The number of halogens is 1. The van der Waals surface area contributed by atoms with Gasteiger partial charge in [-0.2, -0.15) is 0 Å². The first-order valence-electron chi connectivity index (χ1n) is 8.83. The van der Waals surface area contributed by atoms with E-state index in [2.05, 4.69) is 10.3 Å². The molecule has 0 radical (unpaired) electrons. The number of anilines is 1. The molecular weight excluding hydrogens is 369 g/mol. The minimum absolute atomic E-state index is 0.00728. The summed E-state index contributed by atoms with van der Waals surface area (Å²) in [5.41, 5.74) is 0.666. The zero-order chi connectivity index (χ0) is 19.4. The summed E-state index contributed by atoms with van der Waals surface area (Å²) in [7, 11) is -3.61. The molecule has 2 aromatic rings. The largest absolute Gasteiger partial charge is 0.325 e. The van der Waals surface area contributed by atoms with Crippen molar-refractivity contribution < 1.29 is 17.6 Å². The second kappa shape index (κ2) is 8.04. The third kappa shape index (κ3) is 4.44. The van der Waals surface area contributed by atoms with Crippen molar-refractivity contribution in [3.63, 3.8) is 0 Å². The first-order valence-corrected chi connectivity index (χ1v) is 10.4. The van der Waals surface area contributed by atoms with Crippen molar-refractivity contribution in [2.75, 3.05) is 18.4 Å². The molecule has 3 rings (SSSR count). The average molecular weight is 391 g/mol. The molecule has 144 valence electrons. The fourth-order valence-electron chi connectivity index (χ4n) is 3.32. The Kier molecular flexibility index (Phi) is 5.74. The number of nitrogens with zero attached hydrogens (tertiary/aromatic N) is 2. The Balaban J connectivity index is 1.60. The van der Waals surface area contributed by atoms with Crippen LogP contribution in [0.25, 0.3) is 0 Å². The van der Waals surface area contributed by atoms with Gasteiger partial charge in [0.05, 0.1) is 10.1 Å². The van der Waals surface area contributed by atoms with E-state index in [1.165, 1.54) is 18.2 Å². The molecule has 8 heteroatoms. The molecule has 1 atom stereocenters. The summed E-state index contributed by atoms with van der Waals surface area (Å²) in [6.07, 6.45) is 4.36. The Hall–Kier alpha value is -2.48. The van der Waals surface area contributed by atoms with Crippen LogP contribution < -0.4 is 5.32 Å². The van der Waals surface area contributed by atoms with Crippen LogP contribution >= 0.6 is 0 Å². The van der Waals surface area contributed by atoms with E-state index >= 15 is 0 Å². The van der Waals surface area contributed by atoms with Gasteiger partial charge in [-0.3, -0.25) is 4.98 Å². The molecule has 1 aliphatic rings. The second-order valence-corrected chi connectivity index (χ2v) is 9.00.